The number of sulfonamides is 1. The molecule has 0 radical (unpaired) electrons. The summed E-state index contributed by atoms with van der Waals surface area (Å²) >= 11 is 0. The second-order valence-corrected chi connectivity index (χ2v) is 9.48. The number of amides is 1. The quantitative estimate of drug-likeness (QED) is 0.807. The molecule has 3 rings (SSSR count). The van der Waals surface area contributed by atoms with Gasteiger partial charge in [-0.3, -0.25) is 4.79 Å². The van der Waals surface area contributed by atoms with Crippen molar-refractivity contribution in [1.29, 1.82) is 0 Å². The van der Waals surface area contributed by atoms with Crippen molar-refractivity contribution in [2.24, 2.45) is 5.92 Å². The Balaban J connectivity index is 1.71. The summed E-state index contributed by atoms with van der Waals surface area (Å²) in [6, 6.07) is 11.1. The Morgan fingerprint density at radius 3 is 2.28 bits per heavy atom. The molecule has 1 amide bonds. The first-order valence-electron chi connectivity index (χ1n) is 9.76. The van der Waals surface area contributed by atoms with Crippen LogP contribution in [0.4, 0.5) is 5.69 Å². The number of ether oxygens (including phenoxy) is 1. The number of nitrogens with zero attached hydrogens (tertiary/aromatic N) is 1. The van der Waals surface area contributed by atoms with Crippen molar-refractivity contribution >= 4 is 21.6 Å². The molecule has 2 aromatic rings. The molecular formula is C22H28N2O4S. The van der Waals surface area contributed by atoms with E-state index >= 15 is 0 Å². The van der Waals surface area contributed by atoms with Gasteiger partial charge in [-0.25, -0.2) is 8.42 Å². The minimum atomic E-state index is -3.68. The first kappa shape index (κ1) is 21.3. The third-order valence-electron chi connectivity index (χ3n) is 5.63. The van der Waals surface area contributed by atoms with Crippen molar-refractivity contribution in [3.8, 4) is 5.75 Å². The van der Waals surface area contributed by atoms with Crippen LogP contribution >= 0.6 is 0 Å². The summed E-state index contributed by atoms with van der Waals surface area (Å²) in [7, 11) is -2.20. The Hall–Kier alpha value is -2.38. The topological polar surface area (TPSA) is 75.7 Å². The van der Waals surface area contributed by atoms with Crippen molar-refractivity contribution in [2.45, 2.75) is 38.5 Å². The highest BCUT2D eigenvalue weighted by Gasteiger charge is 2.34. The summed E-state index contributed by atoms with van der Waals surface area (Å²) in [5.41, 5.74) is 3.68. The average Bonchev–Trinajstić information content (AvgIpc) is 2.71. The minimum absolute atomic E-state index is 0.0555. The number of carbonyl (C=O) groups is 1. The highest BCUT2D eigenvalue weighted by Crippen LogP contribution is 2.32. The molecule has 0 unspecified atom stereocenters. The van der Waals surface area contributed by atoms with Gasteiger partial charge in [-0.15, -0.1) is 0 Å². The van der Waals surface area contributed by atoms with Crippen molar-refractivity contribution < 1.29 is 17.9 Å². The first-order valence-corrected chi connectivity index (χ1v) is 11.2. The molecule has 0 atom stereocenters. The fourth-order valence-corrected chi connectivity index (χ4v) is 5.26. The van der Waals surface area contributed by atoms with E-state index in [1.54, 1.807) is 12.1 Å². The van der Waals surface area contributed by atoms with E-state index < -0.39 is 10.0 Å². The Bertz CT molecular complexity index is 1010. The van der Waals surface area contributed by atoms with Crippen molar-refractivity contribution in [2.75, 3.05) is 25.5 Å². The van der Waals surface area contributed by atoms with E-state index in [0.717, 1.165) is 22.4 Å². The van der Waals surface area contributed by atoms with Gasteiger partial charge < -0.3 is 10.1 Å². The predicted octanol–water partition coefficient (Wildman–Crippen LogP) is 3.66. The molecular weight excluding hydrogens is 388 g/mol. The van der Waals surface area contributed by atoms with Crippen molar-refractivity contribution in [3.63, 3.8) is 0 Å². The van der Waals surface area contributed by atoms with Crippen molar-refractivity contribution in [3.05, 3.63) is 53.1 Å². The van der Waals surface area contributed by atoms with Crippen LogP contribution in [0.25, 0.3) is 0 Å². The zero-order valence-corrected chi connectivity index (χ0v) is 18.2. The van der Waals surface area contributed by atoms with E-state index in [9.17, 15) is 13.2 Å². The molecule has 1 saturated heterocycles. The number of carbonyl (C=O) groups excluding carboxylic acids is 1. The van der Waals surface area contributed by atoms with Gasteiger partial charge in [-0.2, -0.15) is 4.31 Å². The number of para-hydroxylation sites is 1. The number of methoxy groups -OCH3 is 1. The Morgan fingerprint density at radius 2 is 1.66 bits per heavy atom. The number of benzene rings is 2. The molecule has 1 N–H and O–H groups in total. The molecule has 1 aliphatic rings. The van der Waals surface area contributed by atoms with E-state index in [1.807, 2.05) is 45.0 Å². The third-order valence-corrected chi connectivity index (χ3v) is 7.55. The summed E-state index contributed by atoms with van der Waals surface area (Å²) in [6.45, 7) is 6.37. The maximum atomic E-state index is 13.2. The molecule has 156 valence electrons. The van der Waals surface area contributed by atoms with E-state index in [1.165, 1.54) is 11.4 Å². The predicted molar refractivity (Wildman–Crippen MR) is 114 cm³/mol. The lowest BCUT2D eigenvalue weighted by molar-refractivity contribution is -0.120. The number of rotatable bonds is 5. The molecule has 0 saturated carbocycles. The minimum Gasteiger partial charge on any atom is -0.495 e. The van der Waals surface area contributed by atoms with Gasteiger partial charge in [0.15, 0.2) is 0 Å². The summed E-state index contributed by atoms with van der Waals surface area (Å²) in [6.07, 6.45) is 0.980. The molecule has 0 aromatic heterocycles. The number of anilines is 1. The molecule has 6 nitrogen and oxygen atoms in total. The molecule has 2 aromatic carbocycles. The molecule has 1 heterocycles. The maximum Gasteiger partial charge on any atom is 0.246 e. The zero-order valence-electron chi connectivity index (χ0n) is 17.4. The molecule has 1 aliphatic heterocycles. The lowest BCUT2D eigenvalue weighted by Crippen LogP contribution is -2.41. The lowest BCUT2D eigenvalue weighted by Gasteiger charge is -2.31. The van der Waals surface area contributed by atoms with Gasteiger partial charge in [-0.1, -0.05) is 18.2 Å². The SMILES string of the molecule is COc1cc(C)c(C)cc1S(=O)(=O)N1CCC(C(=O)Nc2ccccc2C)CC1. The highest BCUT2D eigenvalue weighted by molar-refractivity contribution is 7.89. The van der Waals surface area contributed by atoms with Crippen LogP contribution in [0.2, 0.25) is 0 Å². The van der Waals surface area contributed by atoms with Gasteiger partial charge in [-0.05, 0) is 68.5 Å². The summed E-state index contributed by atoms with van der Waals surface area (Å²) < 4.78 is 33.2. The molecule has 0 spiro atoms. The van der Waals surface area contributed by atoms with Crippen LogP contribution in [0.5, 0.6) is 5.75 Å². The number of piperidine rings is 1. The smallest absolute Gasteiger partial charge is 0.246 e. The normalized spacial score (nSPS) is 15.9. The van der Waals surface area contributed by atoms with E-state index in [2.05, 4.69) is 5.32 Å². The first-order chi connectivity index (χ1) is 13.7. The van der Waals surface area contributed by atoms with E-state index in [0.29, 0.717) is 31.7 Å². The Labute approximate surface area is 172 Å². The standard InChI is InChI=1S/C22H28N2O4S/c1-15-7-5-6-8-19(15)23-22(25)18-9-11-24(12-10-18)29(26,27)21-14-17(3)16(2)13-20(21)28-4/h5-8,13-14,18H,9-12H2,1-4H3,(H,23,25). The monoisotopic (exact) mass is 416 g/mol. The number of aryl methyl sites for hydroxylation is 3. The Morgan fingerprint density at radius 1 is 1.03 bits per heavy atom. The average molecular weight is 417 g/mol. The molecule has 0 bridgehead atoms. The van der Waals surface area contributed by atoms with Gasteiger partial charge in [0.25, 0.3) is 0 Å². The number of hydrogen-bond donors (Lipinski definition) is 1. The number of nitrogens with one attached hydrogen (secondary N) is 1. The largest absolute Gasteiger partial charge is 0.495 e. The second kappa shape index (κ2) is 8.55. The molecule has 29 heavy (non-hydrogen) atoms. The van der Waals surface area contributed by atoms with Crippen LogP contribution in [-0.2, 0) is 14.8 Å². The van der Waals surface area contributed by atoms with Gasteiger partial charge >= 0.3 is 0 Å². The fraction of sp³-hybridized carbons (Fsp3) is 0.409. The van der Waals surface area contributed by atoms with Crippen LogP contribution in [0.15, 0.2) is 41.3 Å². The van der Waals surface area contributed by atoms with Crippen LogP contribution < -0.4 is 10.1 Å². The second-order valence-electron chi connectivity index (χ2n) is 7.57. The van der Waals surface area contributed by atoms with Crippen LogP contribution in [0, 0.1) is 26.7 Å². The summed E-state index contributed by atoms with van der Waals surface area (Å²) in [5.74, 6) is 0.0929. The van der Waals surface area contributed by atoms with Crippen LogP contribution in [0.1, 0.15) is 29.5 Å². The molecule has 7 heteroatoms. The molecule has 1 fully saturated rings. The van der Waals surface area contributed by atoms with Gasteiger partial charge in [0.05, 0.1) is 7.11 Å². The van der Waals surface area contributed by atoms with E-state index in [-0.39, 0.29) is 16.7 Å². The zero-order chi connectivity index (χ0) is 21.2. The van der Waals surface area contributed by atoms with Crippen molar-refractivity contribution in [1.82, 2.24) is 4.31 Å². The van der Waals surface area contributed by atoms with E-state index in [4.69, 9.17) is 4.74 Å². The van der Waals surface area contributed by atoms with Gasteiger partial charge in [0.2, 0.25) is 15.9 Å². The third kappa shape index (κ3) is 4.46. The van der Waals surface area contributed by atoms with Crippen LogP contribution in [-0.4, -0.2) is 38.8 Å². The Kier molecular flexibility index (Phi) is 6.29. The number of hydrogen-bond acceptors (Lipinski definition) is 4. The van der Waals surface area contributed by atoms with Gasteiger partial charge in [0.1, 0.15) is 10.6 Å². The molecule has 0 aliphatic carbocycles. The highest BCUT2D eigenvalue weighted by atomic mass is 32.2. The fourth-order valence-electron chi connectivity index (χ4n) is 3.57. The lowest BCUT2D eigenvalue weighted by atomic mass is 9.97. The summed E-state index contributed by atoms with van der Waals surface area (Å²) in [4.78, 5) is 12.8. The maximum absolute atomic E-state index is 13.2. The summed E-state index contributed by atoms with van der Waals surface area (Å²) in [5, 5.41) is 2.97. The van der Waals surface area contributed by atoms with Gasteiger partial charge in [0, 0.05) is 24.7 Å². The van der Waals surface area contributed by atoms with Crippen LogP contribution in [0.3, 0.4) is 0 Å².